The van der Waals surface area contributed by atoms with Crippen molar-refractivity contribution in [2.24, 2.45) is 0 Å². The Morgan fingerprint density at radius 2 is 2.00 bits per heavy atom. The number of rotatable bonds is 4. The number of likely N-dealkylation sites (tertiary alicyclic amines) is 1. The molecular formula is C14H21ClN2O5. The van der Waals surface area contributed by atoms with Gasteiger partial charge in [-0.05, 0) is 5.56 Å². The van der Waals surface area contributed by atoms with E-state index in [1.165, 1.54) is 4.90 Å². The molecule has 7 nitrogen and oxygen atoms in total. The van der Waals surface area contributed by atoms with E-state index >= 15 is 0 Å². The molecule has 8 heteroatoms. The first kappa shape index (κ1) is 18.7. The van der Waals surface area contributed by atoms with Gasteiger partial charge in [-0.1, -0.05) is 30.3 Å². The standard InChI is InChI=1S/C14H20N2O5.ClH/c15-10(7-17)12-13(19)11(18)6-16(12)14(20)21-8-9-4-2-1-3-5-9;/h1-5,10-13,17-19H,6-8,15H2;1H/t10-,11-,12-,13-;/m1./s1. The van der Waals surface area contributed by atoms with Crippen LogP contribution < -0.4 is 18.1 Å². The van der Waals surface area contributed by atoms with Gasteiger partial charge in [0.25, 0.3) is 0 Å². The second kappa shape index (κ2) is 8.30. The summed E-state index contributed by atoms with van der Waals surface area (Å²) in [4.78, 5) is 13.3. The fraction of sp³-hybridized carbons (Fsp3) is 0.500. The Labute approximate surface area is 134 Å². The molecule has 0 bridgehead atoms. The van der Waals surface area contributed by atoms with Crippen LogP contribution in [0, 0.1) is 0 Å². The van der Waals surface area contributed by atoms with Gasteiger partial charge in [0.2, 0.25) is 0 Å². The van der Waals surface area contributed by atoms with Crippen LogP contribution in [0.2, 0.25) is 0 Å². The van der Waals surface area contributed by atoms with Gasteiger partial charge in [0.1, 0.15) is 24.8 Å². The van der Waals surface area contributed by atoms with E-state index in [-0.39, 0.29) is 32.2 Å². The number of β-amino-alcohol motifs (C(OH)–C–C–N with tert-alkyl or cyclic N) is 1. The van der Waals surface area contributed by atoms with Crippen molar-refractivity contribution < 1.29 is 43.0 Å². The van der Waals surface area contributed by atoms with E-state index in [4.69, 9.17) is 4.74 Å². The fourth-order valence-corrected chi connectivity index (χ4v) is 2.48. The molecule has 4 atom stereocenters. The first-order valence-electron chi connectivity index (χ1n) is 6.82. The third-order valence-corrected chi connectivity index (χ3v) is 3.64. The molecule has 124 valence electrons. The number of hydrogen-bond acceptors (Lipinski definition) is 5. The largest absolute Gasteiger partial charge is 1.00 e. The van der Waals surface area contributed by atoms with Crippen LogP contribution in [0.25, 0.3) is 0 Å². The second-order valence-electron chi connectivity index (χ2n) is 5.18. The summed E-state index contributed by atoms with van der Waals surface area (Å²) >= 11 is 0. The molecule has 1 aliphatic rings. The number of nitrogens with zero attached hydrogens (tertiary/aromatic N) is 1. The molecule has 1 fully saturated rings. The predicted octanol–water partition coefficient (Wildman–Crippen LogP) is -4.66. The minimum atomic E-state index is -1.14. The van der Waals surface area contributed by atoms with Crippen LogP contribution in [-0.4, -0.2) is 63.8 Å². The number of quaternary nitrogens is 1. The topological polar surface area (TPSA) is 118 Å². The molecule has 0 spiro atoms. The molecule has 0 radical (unpaired) electrons. The second-order valence-corrected chi connectivity index (χ2v) is 5.18. The van der Waals surface area contributed by atoms with Crippen molar-refractivity contribution in [2.75, 3.05) is 13.2 Å². The molecular weight excluding hydrogens is 312 g/mol. The van der Waals surface area contributed by atoms with Gasteiger partial charge < -0.3 is 38.2 Å². The Balaban J connectivity index is 0.00000242. The Hall–Kier alpha value is -1.38. The highest BCUT2D eigenvalue weighted by molar-refractivity contribution is 5.69. The summed E-state index contributed by atoms with van der Waals surface area (Å²) in [6.07, 6.45) is -2.83. The molecule has 1 aromatic rings. The number of carbonyl (C=O) groups excluding carboxylic acids is 1. The molecule has 1 aromatic carbocycles. The maximum Gasteiger partial charge on any atom is 0.410 e. The minimum absolute atomic E-state index is 0. The predicted molar refractivity (Wildman–Crippen MR) is 72.9 cm³/mol. The monoisotopic (exact) mass is 332 g/mol. The molecule has 0 unspecified atom stereocenters. The van der Waals surface area contributed by atoms with Crippen molar-refractivity contribution in [3.05, 3.63) is 35.9 Å². The lowest BCUT2D eigenvalue weighted by molar-refractivity contribution is -0.438. The summed E-state index contributed by atoms with van der Waals surface area (Å²) < 4.78 is 5.19. The Morgan fingerprint density at radius 3 is 2.59 bits per heavy atom. The molecule has 0 saturated carbocycles. The van der Waals surface area contributed by atoms with Gasteiger partial charge in [-0.2, -0.15) is 0 Å². The van der Waals surface area contributed by atoms with Gasteiger partial charge in [-0.25, -0.2) is 4.79 Å². The van der Waals surface area contributed by atoms with Gasteiger partial charge in [0.15, 0.2) is 0 Å². The quantitative estimate of drug-likeness (QED) is 0.442. The van der Waals surface area contributed by atoms with Crippen LogP contribution in [0.1, 0.15) is 5.56 Å². The van der Waals surface area contributed by atoms with E-state index in [2.05, 4.69) is 5.73 Å². The highest BCUT2D eigenvalue weighted by Gasteiger charge is 2.47. The number of halogens is 1. The van der Waals surface area contributed by atoms with Crippen molar-refractivity contribution in [1.29, 1.82) is 0 Å². The highest BCUT2D eigenvalue weighted by Crippen LogP contribution is 2.21. The van der Waals surface area contributed by atoms with Gasteiger partial charge in [0, 0.05) is 0 Å². The smallest absolute Gasteiger partial charge is 0.410 e. The van der Waals surface area contributed by atoms with Gasteiger partial charge in [-0.15, -0.1) is 0 Å². The highest BCUT2D eigenvalue weighted by atomic mass is 35.5. The third-order valence-electron chi connectivity index (χ3n) is 3.64. The summed E-state index contributed by atoms with van der Waals surface area (Å²) in [6, 6.07) is 7.85. The van der Waals surface area contributed by atoms with Crippen molar-refractivity contribution in [3.8, 4) is 0 Å². The zero-order valence-electron chi connectivity index (χ0n) is 12.0. The summed E-state index contributed by atoms with van der Waals surface area (Å²) in [5, 5.41) is 28.8. The van der Waals surface area contributed by atoms with Crippen LogP contribution in [0.15, 0.2) is 30.3 Å². The number of aliphatic hydroxyl groups is 3. The van der Waals surface area contributed by atoms with Crippen LogP contribution in [-0.2, 0) is 11.3 Å². The molecule has 22 heavy (non-hydrogen) atoms. The summed E-state index contributed by atoms with van der Waals surface area (Å²) in [5.41, 5.74) is 4.55. The van der Waals surface area contributed by atoms with Crippen LogP contribution >= 0.6 is 0 Å². The average Bonchev–Trinajstić information content (AvgIpc) is 2.81. The van der Waals surface area contributed by atoms with Crippen LogP contribution in [0.3, 0.4) is 0 Å². The third kappa shape index (κ3) is 4.08. The van der Waals surface area contributed by atoms with Gasteiger partial charge in [-0.3, -0.25) is 4.90 Å². The molecule has 6 N–H and O–H groups in total. The number of aliphatic hydroxyl groups excluding tert-OH is 3. The van der Waals surface area contributed by atoms with Crippen LogP contribution in [0.4, 0.5) is 4.79 Å². The summed E-state index contributed by atoms with van der Waals surface area (Å²) in [5.74, 6) is 0. The molecule has 1 aliphatic heterocycles. The van der Waals surface area contributed by atoms with E-state index in [0.717, 1.165) is 5.56 Å². The van der Waals surface area contributed by atoms with Crippen molar-refractivity contribution in [1.82, 2.24) is 4.90 Å². The fourth-order valence-electron chi connectivity index (χ4n) is 2.48. The lowest BCUT2D eigenvalue weighted by Crippen LogP contribution is -3.00. The molecule has 2 rings (SSSR count). The number of benzene rings is 1. The number of hydrogen-bond donors (Lipinski definition) is 4. The van der Waals surface area contributed by atoms with Gasteiger partial charge >= 0.3 is 6.09 Å². The summed E-state index contributed by atoms with van der Waals surface area (Å²) in [6.45, 7) is -0.224. The first-order valence-corrected chi connectivity index (χ1v) is 6.82. The zero-order chi connectivity index (χ0) is 15.4. The molecule has 0 aliphatic carbocycles. The minimum Gasteiger partial charge on any atom is -1.00 e. The van der Waals surface area contributed by atoms with E-state index in [1.54, 1.807) is 0 Å². The Bertz CT molecular complexity index is 476. The maximum absolute atomic E-state index is 12.1. The van der Waals surface area contributed by atoms with E-state index in [1.807, 2.05) is 30.3 Å². The maximum atomic E-state index is 12.1. The van der Waals surface area contributed by atoms with Crippen LogP contribution in [0.5, 0.6) is 0 Å². The van der Waals surface area contributed by atoms with Crippen molar-refractivity contribution in [2.45, 2.75) is 30.9 Å². The Morgan fingerprint density at radius 1 is 1.36 bits per heavy atom. The van der Waals surface area contributed by atoms with E-state index in [9.17, 15) is 20.1 Å². The summed E-state index contributed by atoms with van der Waals surface area (Å²) in [7, 11) is 0. The lowest BCUT2D eigenvalue weighted by Gasteiger charge is -2.27. The SMILES string of the molecule is [Cl-].[NH3+][C@H](CO)[C@@H]1[C@H](O)[C@H](O)CN1C(=O)OCc1ccccc1. The zero-order valence-corrected chi connectivity index (χ0v) is 12.8. The van der Waals surface area contributed by atoms with Crippen molar-refractivity contribution >= 4 is 6.09 Å². The molecule has 0 aromatic heterocycles. The lowest BCUT2D eigenvalue weighted by atomic mass is 10.0. The average molecular weight is 333 g/mol. The van der Waals surface area contributed by atoms with E-state index < -0.39 is 30.4 Å². The number of ether oxygens (including phenoxy) is 1. The van der Waals surface area contributed by atoms with Crippen molar-refractivity contribution in [3.63, 3.8) is 0 Å². The molecule has 1 heterocycles. The Kier molecular flexibility index (Phi) is 7.05. The van der Waals surface area contributed by atoms with E-state index in [0.29, 0.717) is 0 Å². The van der Waals surface area contributed by atoms with Gasteiger partial charge in [0.05, 0.1) is 19.3 Å². The number of carbonyl (C=O) groups is 1. The molecule has 1 amide bonds. The molecule has 1 saturated heterocycles. The number of amides is 1. The normalized spacial score (nSPS) is 25.5. The first-order chi connectivity index (χ1) is 10.0.